The Hall–Kier alpha value is -2.18. The molecule has 0 atom stereocenters. The summed E-state index contributed by atoms with van der Waals surface area (Å²) in [4.78, 5) is 12.5. The second-order valence-electron chi connectivity index (χ2n) is 8.43. The van der Waals surface area contributed by atoms with E-state index in [0.717, 1.165) is 36.9 Å². The predicted octanol–water partition coefficient (Wildman–Crippen LogP) is 4.99. The quantitative estimate of drug-likeness (QED) is 0.622. The van der Waals surface area contributed by atoms with Crippen molar-refractivity contribution < 1.29 is 13.2 Å². The molecular formula is C24H32N2O3S. The number of anilines is 1. The van der Waals surface area contributed by atoms with Crippen LogP contribution in [0.15, 0.2) is 53.4 Å². The average Bonchev–Trinajstić information content (AvgIpc) is 2.73. The summed E-state index contributed by atoms with van der Waals surface area (Å²) in [5.41, 5.74) is 2.97. The van der Waals surface area contributed by atoms with Crippen molar-refractivity contribution in [1.82, 2.24) is 4.72 Å². The Bertz CT molecular complexity index is 929. The molecule has 0 radical (unpaired) electrons. The lowest BCUT2D eigenvalue weighted by Crippen LogP contribution is -2.36. The highest BCUT2D eigenvalue weighted by atomic mass is 32.2. The molecule has 162 valence electrons. The molecule has 3 rings (SSSR count). The minimum absolute atomic E-state index is 0.0433. The second kappa shape index (κ2) is 10.2. The van der Waals surface area contributed by atoms with Crippen molar-refractivity contribution in [2.75, 3.05) is 5.32 Å². The van der Waals surface area contributed by atoms with E-state index in [2.05, 4.69) is 23.9 Å². The van der Waals surface area contributed by atoms with Gasteiger partial charge in [-0.3, -0.25) is 4.79 Å². The summed E-state index contributed by atoms with van der Waals surface area (Å²) < 4.78 is 28.0. The number of aryl methyl sites for hydroxylation is 1. The van der Waals surface area contributed by atoms with Crippen molar-refractivity contribution >= 4 is 21.6 Å². The molecule has 2 N–H and O–H groups in total. The number of rotatable bonds is 8. The van der Waals surface area contributed by atoms with Gasteiger partial charge in [0.15, 0.2) is 0 Å². The monoisotopic (exact) mass is 428 g/mol. The van der Waals surface area contributed by atoms with E-state index in [1.807, 2.05) is 24.3 Å². The van der Waals surface area contributed by atoms with Gasteiger partial charge in [0.1, 0.15) is 0 Å². The molecule has 0 heterocycles. The Kier molecular flexibility index (Phi) is 7.67. The van der Waals surface area contributed by atoms with Crippen molar-refractivity contribution in [3.8, 4) is 0 Å². The highest BCUT2D eigenvalue weighted by Gasteiger charge is 2.21. The molecule has 5 nitrogen and oxygen atoms in total. The lowest BCUT2D eigenvalue weighted by Gasteiger charge is -2.22. The van der Waals surface area contributed by atoms with Crippen LogP contribution >= 0.6 is 0 Å². The van der Waals surface area contributed by atoms with Crippen LogP contribution in [0.3, 0.4) is 0 Å². The summed E-state index contributed by atoms with van der Waals surface area (Å²) in [6.45, 7) is 4.27. The molecule has 0 unspecified atom stereocenters. The maximum atomic E-state index is 12.6. The Morgan fingerprint density at radius 3 is 2.20 bits per heavy atom. The smallest absolute Gasteiger partial charge is 0.240 e. The van der Waals surface area contributed by atoms with Gasteiger partial charge in [0.05, 0.1) is 4.90 Å². The van der Waals surface area contributed by atoms with Gasteiger partial charge in [0.2, 0.25) is 15.9 Å². The first-order valence-electron chi connectivity index (χ1n) is 10.8. The zero-order valence-electron chi connectivity index (χ0n) is 17.9. The zero-order valence-corrected chi connectivity index (χ0v) is 18.7. The fourth-order valence-corrected chi connectivity index (χ4v) is 5.08. The van der Waals surface area contributed by atoms with Gasteiger partial charge in [-0.1, -0.05) is 57.4 Å². The first kappa shape index (κ1) is 22.5. The summed E-state index contributed by atoms with van der Waals surface area (Å²) in [7, 11) is -3.49. The van der Waals surface area contributed by atoms with Crippen LogP contribution in [-0.4, -0.2) is 20.4 Å². The number of hydrogen-bond acceptors (Lipinski definition) is 3. The lowest BCUT2D eigenvalue weighted by molar-refractivity contribution is -0.116. The summed E-state index contributed by atoms with van der Waals surface area (Å²) >= 11 is 0. The zero-order chi connectivity index (χ0) is 21.6. The van der Waals surface area contributed by atoms with Crippen molar-refractivity contribution in [3.05, 3.63) is 59.7 Å². The van der Waals surface area contributed by atoms with Crippen LogP contribution in [-0.2, 0) is 21.2 Å². The van der Waals surface area contributed by atoms with Gasteiger partial charge < -0.3 is 5.32 Å². The standard InChI is InChI=1S/C24H32N2O3S/c1-18(2)20-11-13-21(14-12-20)25-24(27)17-10-19-8-15-23(16-9-19)30(28,29)26-22-6-4-3-5-7-22/h8-9,11-16,18,22,26H,3-7,10,17H2,1-2H3,(H,25,27). The topological polar surface area (TPSA) is 75.3 Å². The summed E-state index contributed by atoms with van der Waals surface area (Å²) in [6.07, 6.45) is 6.07. The average molecular weight is 429 g/mol. The second-order valence-corrected chi connectivity index (χ2v) is 10.1. The minimum atomic E-state index is -3.49. The van der Waals surface area contributed by atoms with Crippen molar-refractivity contribution in [3.63, 3.8) is 0 Å². The van der Waals surface area contributed by atoms with E-state index in [1.165, 1.54) is 12.0 Å². The fourth-order valence-electron chi connectivity index (χ4n) is 3.78. The molecule has 1 amide bonds. The highest BCUT2D eigenvalue weighted by molar-refractivity contribution is 7.89. The first-order valence-corrected chi connectivity index (χ1v) is 12.3. The normalized spacial score (nSPS) is 15.3. The highest BCUT2D eigenvalue weighted by Crippen LogP contribution is 2.21. The number of hydrogen-bond donors (Lipinski definition) is 2. The maximum absolute atomic E-state index is 12.6. The maximum Gasteiger partial charge on any atom is 0.240 e. The molecule has 0 saturated heterocycles. The van der Waals surface area contributed by atoms with Gasteiger partial charge in [0, 0.05) is 18.2 Å². The molecule has 2 aromatic rings. The van der Waals surface area contributed by atoms with Crippen LogP contribution < -0.4 is 10.0 Å². The van der Waals surface area contributed by atoms with E-state index in [9.17, 15) is 13.2 Å². The number of sulfonamides is 1. The molecule has 0 aromatic heterocycles. The molecule has 1 aliphatic carbocycles. The molecule has 0 aliphatic heterocycles. The molecule has 2 aromatic carbocycles. The molecule has 30 heavy (non-hydrogen) atoms. The minimum Gasteiger partial charge on any atom is -0.326 e. The van der Waals surface area contributed by atoms with Crippen LogP contribution in [0.25, 0.3) is 0 Å². The van der Waals surface area contributed by atoms with Crippen LogP contribution in [0, 0.1) is 0 Å². The number of nitrogens with one attached hydrogen (secondary N) is 2. The number of carbonyl (C=O) groups is 1. The lowest BCUT2D eigenvalue weighted by atomic mass is 9.96. The SMILES string of the molecule is CC(C)c1ccc(NC(=O)CCc2ccc(S(=O)(=O)NC3CCCCC3)cc2)cc1. The Balaban J connectivity index is 1.50. The van der Waals surface area contributed by atoms with E-state index in [4.69, 9.17) is 0 Å². The molecular weight excluding hydrogens is 396 g/mol. The Labute approximate surface area is 180 Å². The van der Waals surface area contributed by atoms with Crippen molar-refractivity contribution in [2.24, 2.45) is 0 Å². The number of carbonyl (C=O) groups excluding carboxylic acids is 1. The molecule has 1 fully saturated rings. The fraction of sp³-hybridized carbons (Fsp3) is 0.458. The third-order valence-electron chi connectivity index (χ3n) is 5.66. The van der Waals surface area contributed by atoms with E-state index >= 15 is 0 Å². The number of benzene rings is 2. The largest absolute Gasteiger partial charge is 0.326 e. The Morgan fingerprint density at radius 2 is 1.60 bits per heavy atom. The van der Waals surface area contributed by atoms with Crippen LogP contribution in [0.2, 0.25) is 0 Å². The van der Waals surface area contributed by atoms with Gasteiger partial charge in [-0.2, -0.15) is 0 Å². The van der Waals surface area contributed by atoms with Crippen LogP contribution in [0.1, 0.15) is 69.4 Å². The van der Waals surface area contributed by atoms with E-state index in [0.29, 0.717) is 18.8 Å². The summed E-state index contributed by atoms with van der Waals surface area (Å²) in [5, 5.41) is 2.91. The van der Waals surface area contributed by atoms with Gasteiger partial charge in [-0.25, -0.2) is 13.1 Å². The van der Waals surface area contributed by atoms with E-state index in [1.54, 1.807) is 24.3 Å². The molecule has 1 saturated carbocycles. The predicted molar refractivity (Wildman–Crippen MR) is 121 cm³/mol. The van der Waals surface area contributed by atoms with Gasteiger partial charge in [0.25, 0.3) is 0 Å². The van der Waals surface area contributed by atoms with E-state index in [-0.39, 0.29) is 16.8 Å². The Morgan fingerprint density at radius 1 is 0.967 bits per heavy atom. The summed E-state index contributed by atoms with van der Waals surface area (Å²) in [5.74, 6) is 0.405. The van der Waals surface area contributed by atoms with Gasteiger partial charge in [-0.15, -0.1) is 0 Å². The molecule has 6 heteroatoms. The van der Waals surface area contributed by atoms with Gasteiger partial charge >= 0.3 is 0 Å². The summed E-state index contributed by atoms with van der Waals surface area (Å²) in [6, 6.07) is 14.8. The van der Waals surface area contributed by atoms with Crippen LogP contribution in [0.5, 0.6) is 0 Å². The molecule has 0 spiro atoms. The molecule has 1 aliphatic rings. The first-order chi connectivity index (χ1) is 14.3. The van der Waals surface area contributed by atoms with Crippen molar-refractivity contribution in [1.29, 1.82) is 0 Å². The number of amides is 1. The van der Waals surface area contributed by atoms with Gasteiger partial charge in [-0.05, 0) is 60.6 Å². The molecule has 0 bridgehead atoms. The third-order valence-corrected chi connectivity index (χ3v) is 7.20. The van der Waals surface area contributed by atoms with Crippen LogP contribution in [0.4, 0.5) is 5.69 Å². The van der Waals surface area contributed by atoms with E-state index < -0.39 is 10.0 Å². The van der Waals surface area contributed by atoms with Crippen molar-refractivity contribution in [2.45, 2.75) is 75.6 Å². The third kappa shape index (κ3) is 6.41.